The Hall–Kier alpha value is -1.72. The van der Waals surface area contributed by atoms with E-state index in [1.54, 1.807) is 10.7 Å². The lowest BCUT2D eigenvalue weighted by Gasteiger charge is -2.05. The summed E-state index contributed by atoms with van der Waals surface area (Å²) in [6.07, 6.45) is 0. The zero-order valence-corrected chi connectivity index (χ0v) is 10.3. The molecule has 0 bridgehead atoms. The summed E-state index contributed by atoms with van der Waals surface area (Å²) in [5.41, 5.74) is 2.55. The molecule has 0 fully saturated rings. The van der Waals surface area contributed by atoms with Crippen LogP contribution in [0.4, 0.5) is 0 Å². The van der Waals surface area contributed by atoms with Crippen LogP contribution in [0.3, 0.4) is 0 Å². The van der Waals surface area contributed by atoms with E-state index in [1.807, 2.05) is 37.3 Å². The highest BCUT2D eigenvalue weighted by Crippen LogP contribution is 2.19. The van der Waals surface area contributed by atoms with Gasteiger partial charge < -0.3 is 0 Å². The number of benzene rings is 1. The second-order valence-electron chi connectivity index (χ2n) is 3.69. The summed E-state index contributed by atoms with van der Waals surface area (Å²) in [7, 11) is -1.58. The first kappa shape index (κ1) is 11.8. The molecule has 0 amide bonds. The zero-order valence-electron chi connectivity index (χ0n) is 9.46. The summed E-state index contributed by atoms with van der Waals surface area (Å²) in [5, 5.41) is 9.93. The monoisotopic (exact) mass is 247 g/mol. The zero-order chi connectivity index (χ0) is 12.4. The molecule has 0 spiro atoms. The van der Waals surface area contributed by atoms with E-state index in [0.717, 1.165) is 17.0 Å². The molecule has 1 atom stereocenters. The molecule has 88 valence electrons. The molecule has 0 radical (unpaired) electrons. The van der Waals surface area contributed by atoms with Crippen LogP contribution in [-0.2, 0) is 11.0 Å². The van der Waals surface area contributed by atoms with Crippen molar-refractivity contribution in [1.29, 1.82) is 0 Å². The molecule has 5 heteroatoms. The van der Waals surface area contributed by atoms with Gasteiger partial charge in [0.15, 0.2) is 5.03 Å². The Morgan fingerprint density at radius 3 is 2.59 bits per heavy atom. The molecule has 1 aromatic heterocycles. The Morgan fingerprint density at radius 1 is 1.41 bits per heavy atom. The molecule has 2 aromatic rings. The van der Waals surface area contributed by atoms with Crippen LogP contribution in [0.25, 0.3) is 11.3 Å². The van der Waals surface area contributed by atoms with Crippen molar-refractivity contribution in [3.63, 3.8) is 0 Å². The third-order valence-corrected chi connectivity index (χ3v) is 2.94. The minimum absolute atomic E-state index is 0.354. The molecule has 4 nitrogen and oxygen atoms in total. The fourth-order valence-corrected chi connectivity index (χ4v) is 1.92. The van der Waals surface area contributed by atoms with Crippen molar-refractivity contribution < 1.29 is 4.21 Å². The predicted octanol–water partition coefficient (Wildman–Crippen LogP) is 1.89. The van der Waals surface area contributed by atoms with Crippen molar-refractivity contribution >= 4 is 16.6 Å². The molecule has 2 N–H and O–H groups in total. The Labute approximate surface area is 102 Å². The largest absolute Gasteiger partial charge is 0.246 e. The van der Waals surface area contributed by atoms with Crippen molar-refractivity contribution in [3.8, 4) is 5.69 Å². The molecule has 0 aliphatic heterocycles. The van der Waals surface area contributed by atoms with Crippen LogP contribution in [-0.4, -0.2) is 14.0 Å². The first-order chi connectivity index (χ1) is 8.09. The van der Waals surface area contributed by atoms with Crippen molar-refractivity contribution in [2.45, 2.75) is 11.9 Å². The van der Waals surface area contributed by atoms with E-state index in [4.69, 9.17) is 5.14 Å². The fraction of sp³-hybridized carbons (Fsp3) is 0.0833. The van der Waals surface area contributed by atoms with Crippen LogP contribution in [0.15, 0.2) is 48.0 Å². The maximum Gasteiger partial charge on any atom is 0.165 e. The van der Waals surface area contributed by atoms with Gasteiger partial charge in [0.1, 0.15) is 11.0 Å². The molecule has 0 aliphatic carbocycles. The minimum Gasteiger partial charge on any atom is -0.246 e. The lowest BCUT2D eigenvalue weighted by molar-refractivity contribution is 0.679. The second kappa shape index (κ2) is 4.65. The summed E-state index contributed by atoms with van der Waals surface area (Å²) in [6, 6.07) is 11.3. The molecule has 2 rings (SSSR count). The number of hydrogen-bond donors (Lipinski definition) is 1. The van der Waals surface area contributed by atoms with E-state index < -0.39 is 11.0 Å². The summed E-state index contributed by atoms with van der Waals surface area (Å²) in [4.78, 5) is 0. The van der Waals surface area contributed by atoms with Crippen LogP contribution in [0.5, 0.6) is 0 Å². The number of aromatic nitrogens is 2. The minimum atomic E-state index is -1.58. The van der Waals surface area contributed by atoms with Gasteiger partial charge >= 0.3 is 0 Å². The van der Waals surface area contributed by atoms with Crippen molar-refractivity contribution in [1.82, 2.24) is 9.78 Å². The first-order valence-electron chi connectivity index (χ1n) is 5.07. The normalized spacial score (nSPS) is 12.4. The molecular formula is C12H13N3OS. The maximum absolute atomic E-state index is 11.2. The molecule has 1 aromatic carbocycles. The highest BCUT2D eigenvalue weighted by atomic mass is 32.2. The first-order valence-corrected chi connectivity index (χ1v) is 6.28. The maximum atomic E-state index is 11.2. The summed E-state index contributed by atoms with van der Waals surface area (Å²) < 4.78 is 12.9. The lowest BCUT2D eigenvalue weighted by Crippen LogP contribution is -2.05. The van der Waals surface area contributed by atoms with Gasteiger partial charge in [-0.2, -0.15) is 5.10 Å². The van der Waals surface area contributed by atoms with Gasteiger partial charge in [0, 0.05) is 6.07 Å². The van der Waals surface area contributed by atoms with Crippen molar-refractivity contribution in [2.24, 2.45) is 5.14 Å². The number of nitrogens with zero attached hydrogens (tertiary/aromatic N) is 2. The third kappa shape index (κ3) is 2.35. The van der Waals surface area contributed by atoms with E-state index >= 15 is 0 Å². The standard InChI is InChI=1S/C12H13N3OS/c1-9(2)11-8-12(17(13)16)14-15(11)10-6-4-3-5-7-10/h3-8H,1,13H2,2H3. The Balaban J connectivity index is 2.60. The van der Waals surface area contributed by atoms with Crippen LogP contribution in [0, 0.1) is 0 Å². The molecule has 0 aliphatic rings. The van der Waals surface area contributed by atoms with Crippen LogP contribution < -0.4 is 5.14 Å². The summed E-state index contributed by atoms with van der Waals surface area (Å²) in [5.74, 6) is 0. The number of rotatable bonds is 3. The average Bonchev–Trinajstić information content (AvgIpc) is 2.75. The predicted molar refractivity (Wildman–Crippen MR) is 68.9 cm³/mol. The molecule has 0 saturated heterocycles. The Bertz CT molecular complexity index is 575. The van der Waals surface area contributed by atoms with Gasteiger partial charge in [-0.05, 0) is 24.6 Å². The second-order valence-corrected chi connectivity index (χ2v) is 4.71. The van der Waals surface area contributed by atoms with Gasteiger partial charge in [-0.1, -0.05) is 24.8 Å². The van der Waals surface area contributed by atoms with Crippen LogP contribution >= 0.6 is 0 Å². The molecular weight excluding hydrogens is 234 g/mol. The molecule has 0 saturated carbocycles. The molecule has 1 unspecified atom stereocenters. The van der Waals surface area contributed by atoms with Gasteiger partial charge in [-0.15, -0.1) is 0 Å². The Morgan fingerprint density at radius 2 is 2.06 bits per heavy atom. The molecule has 1 heterocycles. The number of para-hydroxylation sites is 1. The highest BCUT2D eigenvalue weighted by Gasteiger charge is 2.12. The van der Waals surface area contributed by atoms with Crippen molar-refractivity contribution in [3.05, 3.63) is 48.7 Å². The third-order valence-electron chi connectivity index (χ3n) is 2.33. The van der Waals surface area contributed by atoms with E-state index in [9.17, 15) is 4.21 Å². The lowest BCUT2D eigenvalue weighted by atomic mass is 10.2. The van der Waals surface area contributed by atoms with E-state index in [1.165, 1.54) is 0 Å². The smallest absolute Gasteiger partial charge is 0.165 e. The van der Waals surface area contributed by atoms with Crippen LogP contribution in [0.2, 0.25) is 0 Å². The highest BCUT2D eigenvalue weighted by molar-refractivity contribution is 7.82. The molecule has 17 heavy (non-hydrogen) atoms. The van der Waals surface area contributed by atoms with Crippen LogP contribution in [0.1, 0.15) is 12.6 Å². The topological polar surface area (TPSA) is 60.9 Å². The van der Waals surface area contributed by atoms with E-state index in [-0.39, 0.29) is 0 Å². The quantitative estimate of drug-likeness (QED) is 0.900. The van der Waals surface area contributed by atoms with Gasteiger partial charge in [0.2, 0.25) is 0 Å². The SMILES string of the molecule is C=C(C)c1cc(S(N)=O)nn1-c1ccccc1. The van der Waals surface area contributed by atoms with E-state index in [0.29, 0.717) is 5.03 Å². The van der Waals surface area contributed by atoms with Crippen molar-refractivity contribution in [2.75, 3.05) is 0 Å². The van der Waals surface area contributed by atoms with Gasteiger partial charge in [-0.3, -0.25) is 0 Å². The van der Waals surface area contributed by atoms with Gasteiger partial charge in [0.25, 0.3) is 0 Å². The Kier molecular flexibility index (Phi) is 3.21. The van der Waals surface area contributed by atoms with E-state index in [2.05, 4.69) is 11.7 Å². The summed E-state index contributed by atoms with van der Waals surface area (Å²) >= 11 is 0. The number of nitrogens with two attached hydrogens (primary N) is 1. The summed E-state index contributed by atoms with van der Waals surface area (Å²) in [6.45, 7) is 5.76. The fourth-order valence-electron chi connectivity index (χ4n) is 1.53. The number of hydrogen-bond acceptors (Lipinski definition) is 2. The van der Waals surface area contributed by atoms with Gasteiger partial charge in [0.05, 0.1) is 11.4 Å². The average molecular weight is 247 g/mol. The van der Waals surface area contributed by atoms with Gasteiger partial charge in [-0.25, -0.2) is 14.0 Å². The number of allylic oxidation sites excluding steroid dienone is 1.